The van der Waals surface area contributed by atoms with E-state index < -0.39 is 0 Å². The fourth-order valence-corrected chi connectivity index (χ4v) is 2.48. The Balaban J connectivity index is 1.69. The van der Waals surface area contributed by atoms with E-state index in [-0.39, 0.29) is 11.9 Å². The van der Waals surface area contributed by atoms with Gasteiger partial charge in [-0.05, 0) is 36.8 Å². The molecule has 6 nitrogen and oxygen atoms in total. The standard InChI is InChI=1S/C18H21N3O3/c1-12(13-4-6-15-16(10-13)24-9-8-23-15)20-18(22)14-5-7-17(19-11-14)21(2)3/h4-7,10-12H,8-9H2,1-3H3,(H,20,22)/t12-/m0/s1. The number of ether oxygens (including phenoxy) is 2. The van der Waals surface area contributed by atoms with Crippen LogP contribution in [0.25, 0.3) is 0 Å². The molecule has 0 spiro atoms. The van der Waals surface area contributed by atoms with Gasteiger partial charge >= 0.3 is 0 Å². The van der Waals surface area contributed by atoms with Gasteiger partial charge in [0.25, 0.3) is 5.91 Å². The molecule has 2 heterocycles. The first-order chi connectivity index (χ1) is 11.5. The molecule has 6 heteroatoms. The summed E-state index contributed by atoms with van der Waals surface area (Å²) in [6, 6.07) is 9.16. The Morgan fingerprint density at radius 1 is 1.17 bits per heavy atom. The molecule has 0 saturated carbocycles. The number of rotatable bonds is 4. The van der Waals surface area contributed by atoms with Crippen molar-refractivity contribution in [3.63, 3.8) is 0 Å². The van der Waals surface area contributed by atoms with Crippen molar-refractivity contribution in [2.24, 2.45) is 0 Å². The topological polar surface area (TPSA) is 63.7 Å². The number of hydrogen-bond donors (Lipinski definition) is 1. The lowest BCUT2D eigenvalue weighted by molar-refractivity contribution is 0.0939. The van der Waals surface area contributed by atoms with Gasteiger partial charge in [-0.1, -0.05) is 6.07 Å². The van der Waals surface area contributed by atoms with E-state index in [0.29, 0.717) is 18.8 Å². The molecule has 1 aliphatic heterocycles. The summed E-state index contributed by atoms with van der Waals surface area (Å²) >= 11 is 0. The Morgan fingerprint density at radius 2 is 1.92 bits per heavy atom. The molecule has 0 saturated heterocycles. The van der Waals surface area contributed by atoms with Crippen LogP contribution in [0, 0.1) is 0 Å². The smallest absolute Gasteiger partial charge is 0.253 e. The van der Waals surface area contributed by atoms with Gasteiger partial charge < -0.3 is 19.7 Å². The summed E-state index contributed by atoms with van der Waals surface area (Å²) in [5.74, 6) is 2.12. The summed E-state index contributed by atoms with van der Waals surface area (Å²) < 4.78 is 11.1. The van der Waals surface area contributed by atoms with Gasteiger partial charge in [-0.3, -0.25) is 4.79 Å². The number of fused-ring (bicyclic) bond motifs is 1. The van der Waals surface area contributed by atoms with Crippen LogP contribution in [-0.2, 0) is 0 Å². The number of hydrogen-bond acceptors (Lipinski definition) is 5. The van der Waals surface area contributed by atoms with E-state index in [1.165, 1.54) is 0 Å². The number of carbonyl (C=O) groups is 1. The minimum absolute atomic E-state index is 0.151. The van der Waals surface area contributed by atoms with Crippen molar-refractivity contribution in [2.45, 2.75) is 13.0 Å². The van der Waals surface area contributed by atoms with E-state index >= 15 is 0 Å². The summed E-state index contributed by atoms with van der Waals surface area (Å²) in [6.07, 6.45) is 1.58. The minimum atomic E-state index is -0.157. The maximum absolute atomic E-state index is 12.4. The average Bonchev–Trinajstić information content (AvgIpc) is 2.61. The van der Waals surface area contributed by atoms with Crippen LogP contribution in [0.5, 0.6) is 11.5 Å². The molecule has 0 radical (unpaired) electrons. The zero-order valence-corrected chi connectivity index (χ0v) is 14.1. The van der Waals surface area contributed by atoms with Crippen LogP contribution in [0.1, 0.15) is 28.9 Å². The second-order valence-corrected chi connectivity index (χ2v) is 5.90. The van der Waals surface area contributed by atoms with Crippen LogP contribution in [0.4, 0.5) is 5.82 Å². The predicted octanol–water partition coefficient (Wildman–Crippen LogP) is 2.41. The van der Waals surface area contributed by atoms with Gasteiger partial charge in [-0.2, -0.15) is 0 Å². The molecule has 3 rings (SSSR count). The highest BCUT2D eigenvalue weighted by Crippen LogP contribution is 2.32. The molecule has 0 fully saturated rings. The van der Waals surface area contributed by atoms with Crippen LogP contribution in [-0.4, -0.2) is 38.2 Å². The molecule has 0 bridgehead atoms. The summed E-state index contributed by atoms with van der Waals surface area (Å²) in [6.45, 7) is 3.04. The third-order valence-corrected chi connectivity index (χ3v) is 3.88. The first kappa shape index (κ1) is 16.1. The zero-order valence-electron chi connectivity index (χ0n) is 14.1. The van der Waals surface area contributed by atoms with E-state index in [1.807, 2.05) is 50.2 Å². The lowest BCUT2D eigenvalue weighted by atomic mass is 10.1. The molecule has 24 heavy (non-hydrogen) atoms. The Labute approximate surface area is 141 Å². The van der Waals surface area contributed by atoms with E-state index in [2.05, 4.69) is 10.3 Å². The fourth-order valence-electron chi connectivity index (χ4n) is 2.48. The van der Waals surface area contributed by atoms with Gasteiger partial charge in [0, 0.05) is 20.3 Å². The summed E-state index contributed by atoms with van der Waals surface area (Å²) in [4.78, 5) is 18.5. The van der Waals surface area contributed by atoms with Crippen LogP contribution < -0.4 is 19.7 Å². The van der Waals surface area contributed by atoms with Gasteiger partial charge in [-0.15, -0.1) is 0 Å². The molecule has 126 valence electrons. The number of amides is 1. The zero-order chi connectivity index (χ0) is 17.1. The number of benzene rings is 1. The molecule has 1 N–H and O–H groups in total. The van der Waals surface area contributed by atoms with Gasteiger partial charge in [0.1, 0.15) is 19.0 Å². The normalized spacial score (nSPS) is 14.0. The Kier molecular flexibility index (Phi) is 4.55. The maximum Gasteiger partial charge on any atom is 0.253 e. The van der Waals surface area contributed by atoms with E-state index in [0.717, 1.165) is 22.9 Å². The molecule has 1 amide bonds. The lowest BCUT2D eigenvalue weighted by Gasteiger charge is -2.21. The molecule has 0 aliphatic carbocycles. The van der Waals surface area contributed by atoms with Crippen LogP contribution in [0.15, 0.2) is 36.5 Å². The predicted molar refractivity (Wildman–Crippen MR) is 91.9 cm³/mol. The molecular weight excluding hydrogens is 306 g/mol. The number of pyridine rings is 1. The molecule has 1 atom stereocenters. The van der Waals surface area contributed by atoms with Crippen molar-refractivity contribution in [2.75, 3.05) is 32.2 Å². The minimum Gasteiger partial charge on any atom is -0.486 e. The third kappa shape index (κ3) is 3.42. The van der Waals surface area contributed by atoms with Crippen molar-refractivity contribution in [3.05, 3.63) is 47.7 Å². The highest BCUT2D eigenvalue weighted by molar-refractivity contribution is 5.94. The van der Waals surface area contributed by atoms with Crippen LogP contribution >= 0.6 is 0 Å². The van der Waals surface area contributed by atoms with Gasteiger partial charge in [0.05, 0.1) is 11.6 Å². The van der Waals surface area contributed by atoms with Gasteiger partial charge in [-0.25, -0.2) is 4.98 Å². The van der Waals surface area contributed by atoms with Crippen molar-refractivity contribution >= 4 is 11.7 Å². The highest BCUT2D eigenvalue weighted by atomic mass is 16.6. The van der Waals surface area contributed by atoms with Crippen molar-refractivity contribution in [3.8, 4) is 11.5 Å². The SMILES string of the molecule is C[C@H](NC(=O)c1ccc(N(C)C)nc1)c1ccc2c(c1)OCCO2. The Hall–Kier alpha value is -2.76. The van der Waals surface area contributed by atoms with E-state index in [9.17, 15) is 4.79 Å². The number of carbonyl (C=O) groups excluding carboxylic acids is 1. The van der Waals surface area contributed by atoms with Crippen molar-refractivity contribution in [1.29, 1.82) is 0 Å². The second kappa shape index (κ2) is 6.78. The monoisotopic (exact) mass is 327 g/mol. The Bertz CT molecular complexity index is 729. The van der Waals surface area contributed by atoms with E-state index in [4.69, 9.17) is 9.47 Å². The number of nitrogens with one attached hydrogen (secondary N) is 1. The highest BCUT2D eigenvalue weighted by Gasteiger charge is 2.16. The quantitative estimate of drug-likeness (QED) is 0.934. The fraction of sp³-hybridized carbons (Fsp3) is 0.333. The summed E-state index contributed by atoms with van der Waals surface area (Å²) in [5, 5.41) is 2.98. The summed E-state index contributed by atoms with van der Waals surface area (Å²) in [5.41, 5.74) is 1.50. The molecule has 2 aromatic rings. The lowest BCUT2D eigenvalue weighted by Crippen LogP contribution is -2.27. The number of aromatic nitrogens is 1. The maximum atomic E-state index is 12.4. The molecule has 1 aliphatic rings. The molecule has 1 aromatic heterocycles. The number of anilines is 1. The molecule has 1 aromatic carbocycles. The largest absolute Gasteiger partial charge is 0.486 e. The average molecular weight is 327 g/mol. The van der Waals surface area contributed by atoms with Crippen molar-refractivity contribution in [1.82, 2.24) is 10.3 Å². The van der Waals surface area contributed by atoms with Crippen LogP contribution in [0.3, 0.4) is 0 Å². The van der Waals surface area contributed by atoms with E-state index in [1.54, 1.807) is 12.3 Å². The third-order valence-electron chi connectivity index (χ3n) is 3.88. The van der Waals surface area contributed by atoms with Gasteiger partial charge in [0.2, 0.25) is 0 Å². The molecular formula is C18H21N3O3. The van der Waals surface area contributed by atoms with Crippen molar-refractivity contribution < 1.29 is 14.3 Å². The van der Waals surface area contributed by atoms with Crippen LogP contribution in [0.2, 0.25) is 0 Å². The first-order valence-corrected chi connectivity index (χ1v) is 7.88. The summed E-state index contributed by atoms with van der Waals surface area (Å²) in [7, 11) is 3.82. The second-order valence-electron chi connectivity index (χ2n) is 5.90. The van der Waals surface area contributed by atoms with Gasteiger partial charge in [0.15, 0.2) is 11.5 Å². The first-order valence-electron chi connectivity index (χ1n) is 7.88. The number of nitrogens with zero attached hydrogens (tertiary/aromatic N) is 2. The Morgan fingerprint density at radius 3 is 2.58 bits per heavy atom. The molecule has 0 unspecified atom stereocenters.